The largest absolute Gasteiger partial charge is 0.403 e. The van der Waals surface area contributed by atoms with Gasteiger partial charge in [-0.3, -0.25) is 5.41 Å². The molecule has 0 saturated heterocycles. The molecule has 0 bridgehead atoms. The van der Waals surface area contributed by atoms with Crippen LogP contribution >= 0.6 is 0 Å². The van der Waals surface area contributed by atoms with E-state index in [1.165, 1.54) is 0 Å². The monoisotopic (exact) mass is 217 g/mol. The van der Waals surface area contributed by atoms with Gasteiger partial charge in [0.15, 0.2) is 0 Å². The first-order valence-corrected chi connectivity index (χ1v) is 4.74. The van der Waals surface area contributed by atoms with Gasteiger partial charge in [0, 0.05) is 18.2 Å². The minimum atomic E-state index is -1.11. The Labute approximate surface area is 89.9 Å². The van der Waals surface area contributed by atoms with Gasteiger partial charge in [-0.2, -0.15) is 4.39 Å². The van der Waals surface area contributed by atoms with Gasteiger partial charge < -0.3 is 16.2 Å². The normalized spacial score (nSPS) is 13.9. The molecule has 15 heavy (non-hydrogen) atoms. The lowest BCUT2D eigenvalue weighted by Crippen LogP contribution is -2.46. The molecular weight excluding hydrogens is 197 g/mol. The quantitative estimate of drug-likeness (QED) is 0.521. The standard InChI is InChI=1S/C10H20FN3O/c1-9(2,10(3,4)15)6-14-7(5-12)8(11)13/h5,13-15H,6,12H2,1-4H3/b7-5+,13-8?. The van der Waals surface area contributed by atoms with Crippen LogP contribution in [0.1, 0.15) is 27.7 Å². The number of aliphatic hydroxyl groups is 1. The number of halogens is 1. The van der Waals surface area contributed by atoms with Crippen molar-refractivity contribution in [3.05, 3.63) is 11.9 Å². The highest BCUT2D eigenvalue weighted by molar-refractivity contribution is 5.88. The van der Waals surface area contributed by atoms with Crippen LogP contribution in [0, 0.1) is 10.8 Å². The molecule has 0 radical (unpaired) electrons. The van der Waals surface area contributed by atoms with Gasteiger partial charge in [0.1, 0.15) is 5.70 Å². The van der Waals surface area contributed by atoms with Crippen molar-refractivity contribution >= 4 is 5.97 Å². The maximum Gasteiger partial charge on any atom is 0.230 e. The summed E-state index contributed by atoms with van der Waals surface area (Å²) in [6.07, 6.45) is 1.00. The van der Waals surface area contributed by atoms with Crippen LogP contribution in [0.15, 0.2) is 11.9 Å². The second-order valence-corrected chi connectivity index (χ2v) is 4.69. The molecule has 0 aliphatic rings. The molecule has 0 atom stereocenters. The first-order valence-electron chi connectivity index (χ1n) is 4.74. The first-order chi connectivity index (χ1) is 6.62. The van der Waals surface area contributed by atoms with E-state index in [4.69, 9.17) is 11.1 Å². The molecule has 0 unspecified atom stereocenters. The van der Waals surface area contributed by atoms with E-state index in [9.17, 15) is 9.50 Å². The summed E-state index contributed by atoms with van der Waals surface area (Å²) < 4.78 is 12.5. The third kappa shape index (κ3) is 3.87. The number of nitrogens with one attached hydrogen (secondary N) is 2. The van der Waals surface area contributed by atoms with Gasteiger partial charge >= 0.3 is 0 Å². The molecular formula is C10H20FN3O. The van der Waals surface area contributed by atoms with Crippen molar-refractivity contribution in [1.29, 1.82) is 5.41 Å². The summed E-state index contributed by atoms with van der Waals surface area (Å²) in [4.78, 5) is 0. The molecule has 0 aliphatic carbocycles. The van der Waals surface area contributed by atoms with Crippen LogP contribution in [0.3, 0.4) is 0 Å². The molecule has 88 valence electrons. The van der Waals surface area contributed by atoms with Gasteiger partial charge in [0.2, 0.25) is 5.97 Å². The molecule has 5 heteroatoms. The van der Waals surface area contributed by atoms with Crippen LogP contribution in [-0.2, 0) is 0 Å². The molecule has 0 rings (SSSR count). The Bertz CT molecular complexity index is 266. The van der Waals surface area contributed by atoms with Gasteiger partial charge in [-0.1, -0.05) is 13.8 Å². The lowest BCUT2D eigenvalue weighted by molar-refractivity contribution is -0.0324. The summed E-state index contributed by atoms with van der Waals surface area (Å²) >= 11 is 0. The summed E-state index contributed by atoms with van der Waals surface area (Å²) in [6, 6.07) is 0. The molecule has 0 spiro atoms. The van der Waals surface area contributed by atoms with E-state index < -0.39 is 17.0 Å². The Morgan fingerprint density at radius 3 is 2.20 bits per heavy atom. The van der Waals surface area contributed by atoms with Crippen LogP contribution in [0.5, 0.6) is 0 Å². The number of hydrogen-bond acceptors (Lipinski definition) is 4. The predicted octanol–water partition coefficient (Wildman–Crippen LogP) is 1.12. The zero-order valence-corrected chi connectivity index (χ0v) is 9.69. The van der Waals surface area contributed by atoms with E-state index >= 15 is 0 Å². The first kappa shape index (κ1) is 13.9. The third-order valence-electron chi connectivity index (χ3n) is 2.78. The highest BCUT2D eigenvalue weighted by atomic mass is 19.1. The fourth-order valence-electron chi connectivity index (χ4n) is 0.742. The fourth-order valence-corrected chi connectivity index (χ4v) is 0.742. The number of nitrogens with two attached hydrogens (primary N) is 1. The Morgan fingerprint density at radius 2 is 1.93 bits per heavy atom. The van der Waals surface area contributed by atoms with E-state index in [2.05, 4.69) is 5.32 Å². The molecule has 0 amide bonds. The smallest absolute Gasteiger partial charge is 0.230 e. The molecule has 0 aliphatic heterocycles. The zero-order valence-electron chi connectivity index (χ0n) is 9.69. The van der Waals surface area contributed by atoms with E-state index in [-0.39, 0.29) is 5.70 Å². The van der Waals surface area contributed by atoms with Crippen molar-refractivity contribution in [2.24, 2.45) is 11.1 Å². The van der Waals surface area contributed by atoms with Crippen LogP contribution in [-0.4, -0.2) is 23.2 Å². The average molecular weight is 217 g/mol. The predicted molar refractivity (Wildman–Crippen MR) is 59.2 cm³/mol. The van der Waals surface area contributed by atoms with Gasteiger partial charge in [-0.25, -0.2) is 0 Å². The van der Waals surface area contributed by atoms with Crippen LogP contribution in [0.25, 0.3) is 0 Å². The number of allylic oxidation sites excluding steroid dienone is 1. The maximum absolute atomic E-state index is 12.5. The number of rotatable bonds is 5. The van der Waals surface area contributed by atoms with Gasteiger partial charge in [0.25, 0.3) is 0 Å². The highest BCUT2D eigenvalue weighted by Gasteiger charge is 2.34. The summed E-state index contributed by atoms with van der Waals surface area (Å²) in [6.45, 7) is 7.38. The van der Waals surface area contributed by atoms with Gasteiger partial charge in [-0.15, -0.1) is 0 Å². The van der Waals surface area contributed by atoms with E-state index in [1.807, 2.05) is 13.8 Å². The van der Waals surface area contributed by atoms with Crippen molar-refractivity contribution in [1.82, 2.24) is 5.32 Å². The minimum Gasteiger partial charge on any atom is -0.403 e. The SMILES string of the molecule is CC(C)(O)C(C)(C)CN/C(=C/N)C(=N)F. The van der Waals surface area contributed by atoms with Crippen molar-refractivity contribution in [3.8, 4) is 0 Å². The second-order valence-electron chi connectivity index (χ2n) is 4.69. The Morgan fingerprint density at radius 1 is 1.47 bits per heavy atom. The molecule has 0 saturated carbocycles. The van der Waals surface area contributed by atoms with Crippen molar-refractivity contribution in [2.75, 3.05) is 6.54 Å². The fraction of sp³-hybridized carbons (Fsp3) is 0.700. The average Bonchev–Trinajstić information content (AvgIpc) is 2.02. The van der Waals surface area contributed by atoms with Crippen LogP contribution in [0.4, 0.5) is 4.39 Å². The topological polar surface area (TPSA) is 82.1 Å². The van der Waals surface area contributed by atoms with Crippen LogP contribution < -0.4 is 11.1 Å². The van der Waals surface area contributed by atoms with E-state index in [1.54, 1.807) is 13.8 Å². The second kappa shape index (κ2) is 4.61. The summed E-state index contributed by atoms with van der Waals surface area (Å²) in [5, 5.41) is 19.3. The summed E-state index contributed by atoms with van der Waals surface area (Å²) in [5.41, 5.74) is 3.72. The minimum absolute atomic E-state index is 0.0627. The Kier molecular flexibility index (Phi) is 4.27. The summed E-state index contributed by atoms with van der Waals surface area (Å²) in [5.74, 6) is -1.11. The van der Waals surface area contributed by atoms with Crippen molar-refractivity contribution in [3.63, 3.8) is 0 Å². The summed E-state index contributed by atoms with van der Waals surface area (Å²) in [7, 11) is 0. The number of hydrogen-bond donors (Lipinski definition) is 4. The highest BCUT2D eigenvalue weighted by Crippen LogP contribution is 2.29. The lowest BCUT2D eigenvalue weighted by atomic mass is 9.77. The third-order valence-corrected chi connectivity index (χ3v) is 2.78. The van der Waals surface area contributed by atoms with Crippen LogP contribution in [0.2, 0.25) is 0 Å². The molecule has 0 aromatic carbocycles. The molecule has 0 aromatic heterocycles. The molecule has 4 nitrogen and oxygen atoms in total. The van der Waals surface area contributed by atoms with Crippen molar-refractivity contribution in [2.45, 2.75) is 33.3 Å². The molecule has 0 fully saturated rings. The van der Waals surface area contributed by atoms with Crippen molar-refractivity contribution < 1.29 is 9.50 Å². The van der Waals surface area contributed by atoms with Gasteiger partial charge in [-0.05, 0) is 13.8 Å². The molecule has 0 heterocycles. The molecule has 5 N–H and O–H groups in total. The Balaban J connectivity index is 4.46. The molecule has 0 aromatic rings. The van der Waals surface area contributed by atoms with Gasteiger partial charge in [0.05, 0.1) is 5.60 Å². The zero-order chi connectivity index (χ0) is 12.3. The van der Waals surface area contributed by atoms with E-state index in [0.29, 0.717) is 6.54 Å². The lowest BCUT2D eigenvalue weighted by Gasteiger charge is -2.37. The Hall–Kier alpha value is -1.10. The maximum atomic E-state index is 12.5. The van der Waals surface area contributed by atoms with E-state index in [0.717, 1.165) is 6.20 Å².